The number of nitrogens with one attached hydrogen (secondary N) is 1. The quantitative estimate of drug-likeness (QED) is 0.848. The number of thiazole rings is 1. The Kier molecular flexibility index (Phi) is 3.94. The zero-order valence-electron chi connectivity index (χ0n) is 11.8. The van der Waals surface area contributed by atoms with E-state index in [9.17, 15) is 12.8 Å². The van der Waals surface area contributed by atoms with E-state index in [1.165, 1.54) is 12.1 Å². The maximum atomic E-state index is 13.7. The molecule has 0 bridgehead atoms. The van der Waals surface area contributed by atoms with Gasteiger partial charge in [0.15, 0.2) is 5.13 Å². The lowest BCUT2D eigenvalue weighted by atomic mass is 9.93. The summed E-state index contributed by atoms with van der Waals surface area (Å²) in [6.07, 6.45) is 0. The predicted octanol–water partition coefficient (Wildman–Crippen LogP) is 2.96. The molecule has 2 rings (SSSR count). The van der Waals surface area contributed by atoms with Crippen LogP contribution in [0.2, 0.25) is 0 Å². The van der Waals surface area contributed by atoms with Gasteiger partial charge in [0.1, 0.15) is 10.7 Å². The summed E-state index contributed by atoms with van der Waals surface area (Å²) in [7, 11) is -4.11. The Hall–Kier alpha value is -1.67. The first-order valence-electron chi connectivity index (χ1n) is 6.14. The summed E-state index contributed by atoms with van der Waals surface area (Å²) in [5.74, 6) is -0.893. The van der Waals surface area contributed by atoms with E-state index >= 15 is 0 Å². The molecule has 1 aromatic carbocycles. The molecule has 0 unspecified atom stereocenters. The Labute approximate surface area is 127 Å². The first kappa shape index (κ1) is 15.7. The van der Waals surface area contributed by atoms with Crippen LogP contribution < -0.4 is 10.5 Å². The number of hydrogen-bond acceptors (Lipinski definition) is 5. The smallest absolute Gasteiger partial charge is 0.268 e. The summed E-state index contributed by atoms with van der Waals surface area (Å²) in [5, 5.41) is 1.95. The van der Waals surface area contributed by atoms with Crippen molar-refractivity contribution in [3.05, 3.63) is 35.1 Å². The lowest BCUT2D eigenvalue weighted by Gasteiger charge is -2.14. The van der Waals surface area contributed by atoms with E-state index < -0.39 is 20.7 Å². The summed E-state index contributed by atoms with van der Waals surface area (Å²) in [4.78, 5) is 3.66. The van der Waals surface area contributed by atoms with E-state index in [0.29, 0.717) is 0 Å². The van der Waals surface area contributed by atoms with Gasteiger partial charge in [0.25, 0.3) is 10.0 Å². The van der Waals surface area contributed by atoms with Crippen LogP contribution in [-0.2, 0) is 15.4 Å². The third-order valence-electron chi connectivity index (χ3n) is 2.76. The molecular formula is C13H16FN3O2S2. The molecule has 3 N–H and O–H groups in total. The molecule has 5 nitrogen and oxygen atoms in total. The van der Waals surface area contributed by atoms with Crippen LogP contribution in [0.5, 0.6) is 0 Å². The number of rotatable bonds is 3. The average molecular weight is 329 g/mol. The van der Waals surface area contributed by atoms with Crippen LogP contribution in [-0.4, -0.2) is 13.4 Å². The molecule has 0 radical (unpaired) electrons. The Morgan fingerprint density at radius 2 is 2.00 bits per heavy atom. The van der Waals surface area contributed by atoms with Crippen molar-refractivity contribution in [3.63, 3.8) is 0 Å². The SMILES string of the molecule is CC(C)(C)c1csc(NS(=O)(=O)c2c(N)cccc2F)n1. The first-order chi connectivity index (χ1) is 9.61. The molecule has 0 aliphatic carbocycles. The number of anilines is 2. The number of halogens is 1. The monoisotopic (exact) mass is 329 g/mol. The van der Waals surface area contributed by atoms with E-state index in [1.807, 2.05) is 20.8 Å². The van der Waals surface area contributed by atoms with Gasteiger partial charge in [-0.25, -0.2) is 17.8 Å². The minimum absolute atomic E-state index is 0.143. The molecule has 0 saturated heterocycles. The van der Waals surface area contributed by atoms with Crippen molar-refractivity contribution in [1.29, 1.82) is 0 Å². The van der Waals surface area contributed by atoms with E-state index in [2.05, 4.69) is 9.71 Å². The molecule has 0 fully saturated rings. The van der Waals surface area contributed by atoms with E-state index in [0.717, 1.165) is 23.1 Å². The Bertz CT molecular complexity index is 744. The van der Waals surface area contributed by atoms with Crippen LogP contribution >= 0.6 is 11.3 Å². The van der Waals surface area contributed by atoms with Crippen LogP contribution in [0, 0.1) is 5.82 Å². The number of nitrogen functional groups attached to an aromatic ring is 1. The second-order valence-electron chi connectivity index (χ2n) is 5.55. The van der Waals surface area contributed by atoms with Crippen LogP contribution in [0.4, 0.5) is 15.2 Å². The molecule has 0 amide bonds. The minimum Gasteiger partial charge on any atom is -0.398 e. The van der Waals surface area contributed by atoms with Gasteiger partial charge in [0.05, 0.1) is 11.4 Å². The van der Waals surface area contributed by atoms with Gasteiger partial charge in [0, 0.05) is 10.8 Å². The number of benzene rings is 1. The van der Waals surface area contributed by atoms with Crippen molar-refractivity contribution in [1.82, 2.24) is 4.98 Å². The highest BCUT2D eigenvalue weighted by Gasteiger charge is 2.24. The second kappa shape index (κ2) is 5.27. The standard InChI is InChI=1S/C13H16FN3O2S2/c1-13(2,3)10-7-20-12(16-10)17-21(18,19)11-8(14)5-4-6-9(11)15/h4-7H,15H2,1-3H3,(H,16,17). The van der Waals surface area contributed by atoms with E-state index in [-0.39, 0.29) is 16.2 Å². The number of sulfonamides is 1. The maximum absolute atomic E-state index is 13.7. The topological polar surface area (TPSA) is 85.1 Å². The molecule has 0 aliphatic rings. The normalized spacial score (nSPS) is 12.4. The summed E-state index contributed by atoms with van der Waals surface area (Å²) in [6, 6.07) is 3.73. The van der Waals surface area contributed by atoms with Gasteiger partial charge in [0.2, 0.25) is 0 Å². The van der Waals surface area contributed by atoms with Crippen molar-refractivity contribution in [2.24, 2.45) is 0 Å². The second-order valence-corrected chi connectivity index (χ2v) is 8.03. The zero-order valence-corrected chi connectivity index (χ0v) is 13.5. The van der Waals surface area contributed by atoms with Crippen LogP contribution in [0.25, 0.3) is 0 Å². The van der Waals surface area contributed by atoms with Gasteiger partial charge in [-0.15, -0.1) is 11.3 Å². The van der Waals surface area contributed by atoms with Gasteiger partial charge >= 0.3 is 0 Å². The lowest BCUT2D eigenvalue weighted by molar-refractivity contribution is 0.569. The van der Waals surface area contributed by atoms with Crippen molar-refractivity contribution in [2.75, 3.05) is 10.5 Å². The molecule has 0 atom stereocenters. The molecule has 0 spiro atoms. The largest absolute Gasteiger partial charge is 0.398 e. The van der Waals surface area contributed by atoms with Gasteiger partial charge in [-0.05, 0) is 12.1 Å². The molecule has 1 aromatic heterocycles. The predicted molar refractivity (Wildman–Crippen MR) is 82.4 cm³/mol. The molecule has 21 heavy (non-hydrogen) atoms. The highest BCUT2D eigenvalue weighted by molar-refractivity contribution is 7.93. The minimum atomic E-state index is -4.11. The Morgan fingerprint density at radius 1 is 1.33 bits per heavy atom. The summed E-state index contributed by atoms with van der Waals surface area (Å²) in [6.45, 7) is 5.90. The summed E-state index contributed by atoms with van der Waals surface area (Å²) < 4.78 is 40.5. The number of nitrogens with two attached hydrogens (primary N) is 1. The van der Waals surface area contributed by atoms with Crippen molar-refractivity contribution >= 4 is 32.2 Å². The molecular weight excluding hydrogens is 313 g/mol. The van der Waals surface area contributed by atoms with Crippen LogP contribution in [0.3, 0.4) is 0 Å². The highest BCUT2D eigenvalue weighted by Crippen LogP contribution is 2.29. The molecule has 0 saturated carbocycles. The molecule has 114 valence electrons. The number of nitrogens with zero attached hydrogens (tertiary/aromatic N) is 1. The third-order valence-corrected chi connectivity index (χ3v) is 5.08. The molecule has 2 aromatic rings. The Balaban J connectivity index is 2.36. The summed E-state index contributed by atoms with van der Waals surface area (Å²) in [5.41, 5.74) is 5.98. The van der Waals surface area contributed by atoms with Gasteiger partial charge in [-0.2, -0.15) is 0 Å². The van der Waals surface area contributed by atoms with Crippen LogP contribution in [0.15, 0.2) is 28.5 Å². The molecule has 0 aliphatic heterocycles. The van der Waals surface area contributed by atoms with Crippen molar-refractivity contribution in [2.45, 2.75) is 31.1 Å². The number of aromatic nitrogens is 1. The fourth-order valence-electron chi connectivity index (χ4n) is 1.64. The lowest BCUT2D eigenvalue weighted by Crippen LogP contribution is -2.17. The van der Waals surface area contributed by atoms with Crippen molar-refractivity contribution in [3.8, 4) is 0 Å². The Morgan fingerprint density at radius 3 is 2.52 bits per heavy atom. The van der Waals surface area contributed by atoms with Crippen molar-refractivity contribution < 1.29 is 12.8 Å². The average Bonchev–Trinajstić information content (AvgIpc) is 2.75. The third kappa shape index (κ3) is 3.33. The maximum Gasteiger partial charge on any atom is 0.268 e. The van der Waals surface area contributed by atoms with E-state index in [1.54, 1.807) is 5.38 Å². The zero-order chi connectivity index (χ0) is 15.8. The molecule has 1 heterocycles. The first-order valence-corrected chi connectivity index (χ1v) is 8.50. The van der Waals surface area contributed by atoms with Gasteiger partial charge < -0.3 is 5.73 Å². The van der Waals surface area contributed by atoms with E-state index in [4.69, 9.17) is 5.73 Å². The fraction of sp³-hybridized carbons (Fsp3) is 0.308. The van der Waals surface area contributed by atoms with Gasteiger partial charge in [-0.1, -0.05) is 26.8 Å². The molecule has 8 heteroatoms. The summed E-state index contributed by atoms with van der Waals surface area (Å²) >= 11 is 1.15. The van der Waals surface area contributed by atoms with Gasteiger partial charge in [-0.3, -0.25) is 4.72 Å². The number of hydrogen-bond donors (Lipinski definition) is 2. The fourth-order valence-corrected chi connectivity index (χ4v) is 4.02. The highest BCUT2D eigenvalue weighted by atomic mass is 32.2. The van der Waals surface area contributed by atoms with Crippen LogP contribution in [0.1, 0.15) is 26.5 Å².